The van der Waals surface area contributed by atoms with E-state index in [9.17, 15) is 12.8 Å². The minimum atomic E-state index is -3.87. The first kappa shape index (κ1) is 15.2. The van der Waals surface area contributed by atoms with E-state index in [0.29, 0.717) is 5.69 Å². The van der Waals surface area contributed by atoms with Gasteiger partial charge in [-0.15, -0.1) is 0 Å². The molecular weight excluding hydrogens is 293 g/mol. The first-order valence-corrected chi connectivity index (χ1v) is 7.71. The molecule has 1 aromatic carbocycles. The molecule has 0 fully saturated rings. The van der Waals surface area contributed by atoms with Gasteiger partial charge in [0.15, 0.2) is 0 Å². The maximum absolute atomic E-state index is 13.5. The van der Waals surface area contributed by atoms with Crippen molar-refractivity contribution in [2.45, 2.75) is 25.7 Å². The summed E-state index contributed by atoms with van der Waals surface area (Å²) in [7, 11) is -3.87. The van der Waals surface area contributed by atoms with Gasteiger partial charge in [-0.25, -0.2) is 17.8 Å². The van der Waals surface area contributed by atoms with Crippen LogP contribution < -0.4 is 10.5 Å². The van der Waals surface area contributed by atoms with Crippen LogP contribution in [-0.2, 0) is 10.0 Å². The molecule has 0 saturated heterocycles. The van der Waals surface area contributed by atoms with Crippen molar-refractivity contribution in [1.29, 1.82) is 0 Å². The number of nitrogens with one attached hydrogen (secondary N) is 1. The van der Waals surface area contributed by atoms with Gasteiger partial charge >= 0.3 is 0 Å². The number of nitrogen functional groups attached to an aromatic ring is 1. The third-order valence-corrected chi connectivity index (χ3v) is 4.24. The minimum absolute atomic E-state index is 0.0974. The quantitative estimate of drug-likeness (QED) is 0.853. The van der Waals surface area contributed by atoms with E-state index in [2.05, 4.69) is 9.71 Å². The molecule has 0 bridgehead atoms. The molecule has 3 N–H and O–H groups in total. The number of halogens is 1. The molecule has 0 spiro atoms. The van der Waals surface area contributed by atoms with E-state index in [1.165, 1.54) is 13.0 Å². The minimum Gasteiger partial charge on any atom is -0.396 e. The van der Waals surface area contributed by atoms with Crippen LogP contribution in [0, 0.1) is 26.6 Å². The molecule has 112 valence electrons. The highest BCUT2D eigenvalue weighted by atomic mass is 32.2. The maximum atomic E-state index is 13.5. The largest absolute Gasteiger partial charge is 0.396 e. The number of nitrogens with zero attached hydrogens (tertiary/aromatic N) is 1. The van der Waals surface area contributed by atoms with Gasteiger partial charge in [0.25, 0.3) is 10.0 Å². The Morgan fingerprint density at radius 1 is 1.14 bits per heavy atom. The predicted octanol–water partition coefficient (Wildman–Crippen LogP) is 2.53. The summed E-state index contributed by atoms with van der Waals surface area (Å²) in [4.78, 5) is 4.01. The number of hydrogen-bond acceptors (Lipinski definition) is 4. The second-order valence-corrected chi connectivity index (χ2v) is 6.60. The lowest BCUT2D eigenvalue weighted by molar-refractivity contribution is 0.599. The van der Waals surface area contributed by atoms with E-state index in [4.69, 9.17) is 5.73 Å². The van der Waals surface area contributed by atoms with Gasteiger partial charge in [-0.05, 0) is 56.2 Å². The van der Waals surface area contributed by atoms with Crippen LogP contribution in [0.5, 0.6) is 0 Å². The Morgan fingerprint density at radius 2 is 1.81 bits per heavy atom. The first-order chi connectivity index (χ1) is 9.69. The Kier molecular flexibility index (Phi) is 3.87. The number of nitrogens with two attached hydrogens (primary N) is 1. The highest BCUT2D eigenvalue weighted by Crippen LogP contribution is 2.22. The Morgan fingerprint density at radius 3 is 2.38 bits per heavy atom. The van der Waals surface area contributed by atoms with Crippen LogP contribution in [0.15, 0.2) is 29.2 Å². The van der Waals surface area contributed by atoms with Gasteiger partial charge in [0.2, 0.25) is 0 Å². The fraction of sp³-hybridized carbons (Fsp3) is 0.214. The molecule has 5 nitrogen and oxygen atoms in total. The van der Waals surface area contributed by atoms with E-state index in [0.717, 1.165) is 11.6 Å². The lowest BCUT2D eigenvalue weighted by Crippen LogP contribution is -2.15. The smallest absolute Gasteiger partial charge is 0.263 e. The summed E-state index contributed by atoms with van der Waals surface area (Å²) in [5.74, 6) is -0.397. The maximum Gasteiger partial charge on any atom is 0.263 e. The van der Waals surface area contributed by atoms with Crippen molar-refractivity contribution in [2.24, 2.45) is 0 Å². The van der Waals surface area contributed by atoms with Crippen molar-refractivity contribution in [2.75, 3.05) is 10.5 Å². The summed E-state index contributed by atoms with van der Waals surface area (Å²) in [5, 5.41) is 0. The topological polar surface area (TPSA) is 85.1 Å². The molecule has 0 aliphatic carbocycles. The molecule has 1 heterocycles. The lowest BCUT2D eigenvalue weighted by Gasteiger charge is -2.11. The number of hydrogen-bond donors (Lipinski definition) is 2. The van der Waals surface area contributed by atoms with Gasteiger partial charge in [-0.3, -0.25) is 4.72 Å². The normalized spacial score (nSPS) is 11.4. The highest BCUT2D eigenvalue weighted by molar-refractivity contribution is 7.92. The molecule has 2 aromatic rings. The average Bonchev–Trinajstić information content (AvgIpc) is 2.33. The van der Waals surface area contributed by atoms with Crippen molar-refractivity contribution < 1.29 is 12.8 Å². The van der Waals surface area contributed by atoms with Gasteiger partial charge in [0.1, 0.15) is 11.6 Å². The van der Waals surface area contributed by atoms with Gasteiger partial charge in [0, 0.05) is 5.69 Å². The van der Waals surface area contributed by atoms with E-state index in [-0.39, 0.29) is 22.0 Å². The van der Waals surface area contributed by atoms with E-state index < -0.39 is 15.8 Å². The monoisotopic (exact) mass is 309 g/mol. The van der Waals surface area contributed by atoms with E-state index >= 15 is 0 Å². The molecule has 0 radical (unpaired) electrons. The van der Waals surface area contributed by atoms with Gasteiger partial charge in [0.05, 0.1) is 10.6 Å². The zero-order chi connectivity index (χ0) is 15.8. The molecule has 0 atom stereocenters. The second-order valence-electron chi connectivity index (χ2n) is 4.92. The molecule has 0 aliphatic heterocycles. The summed E-state index contributed by atoms with van der Waals surface area (Å²) >= 11 is 0. The molecule has 21 heavy (non-hydrogen) atoms. The first-order valence-electron chi connectivity index (χ1n) is 6.23. The standard InChI is InChI=1S/C14H16FN3O2S/c1-8-4-10(3)17-13(5-8)18-21(19,20)11-6-9(2)14(15)12(16)7-11/h4-7H,16H2,1-3H3,(H,17,18). The number of pyridine rings is 1. The number of sulfonamides is 1. The Bertz CT molecular complexity index is 761. The van der Waals surface area contributed by atoms with E-state index in [1.54, 1.807) is 13.0 Å². The summed E-state index contributed by atoms with van der Waals surface area (Å²) in [6, 6.07) is 5.77. The Labute approximate surface area is 123 Å². The lowest BCUT2D eigenvalue weighted by atomic mass is 10.2. The van der Waals surface area contributed by atoms with Crippen LogP contribution in [0.4, 0.5) is 15.9 Å². The zero-order valence-corrected chi connectivity index (χ0v) is 12.8. The molecular formula is C14H16FN3O2S. The average molecular weight is 309 g/mol. The van der Waals surface area contributed by atoms with Crippen LogP contribution >= 0.6 is 0 Å². The summed E-state index contributed by atoms with van der Waals surface area (Å²) in [6.07, 6.45) is 0. The third-order valence-electron chi connectivity index (χ3n) is 2.90. The van der Waals surface area contributed by atoms with Crippen LogP contribution in [-0.4, -0.2) is 13.4 Å². The molecule has 7 heteroatoms. The Balaban J connectivity index is 2.43. The second kappa shape index (κ2) is 5.33. The Hall–Kier alpha value is -2.15. The molecule has 0 saturated carbocycles. The van der Waals surface area contributed by atoms with Gasteiger partial charge in [-0.1, -0.05) is 0 Å². The number of rotatable bonds is 3. The summed E-state index contributed by atoms with van der Waals surface area (Å²) in [6.45, 7) is 5.07. The van der Waals surface area contributed by atoms with Gasteiger partial charge in [-0.2, -0.15) is 0 Å². The van der Waals surface area contributed by atoms with Gasteiger partial charge < -0.3 is 5.73 Å². The fourth-order valence-corrected chi connectivity index (χ4v) is 3.12. The highest BCUT2D eigenvalue weighted by Gasteiger charge is 2.18. The molecule has 0 aliphatic rings. The van der Waals surface area contributed by atoms with Crippen molar-refractivity contribution >= 4 is 21.5 Å². The van der Waals surface area contributed by atoms with Crippen LogP contribution in [0.2, 0.25) is 0 Å². The number of aryl methyl sites for hydroxylation is 3. The van der Waals surface area contributed by atoms with E-state index in [1.807, 2.05) is 13.0 Å². The van der Waals surface area contributed by atoms with Crippen LogP contribution in [0.1, 0.15) is 16.8 Å². The number of aromatic nitrogens is 1. The predicted molar refractivity (Wildman–Crippen MR) is 80.1 cm³/mol. The zero-order valence-electron chi connectivity index (χ0n) is 11.9. The molecule has 0 unspecified atom stereocenters. The van der Waals surface area contributed by atoms with Crippen LogP contribution in [0.3, 0.4) is 0 Å². The summed E-state index contributed by atoms with van der Waals surface area (Å²) < 4.78 is 40.5. The fourth-order valence-electron chi connectivity index (χ4n) is 2.01. The van der Waals surface area contributed by atoms with Crippen LogP contribution in [0.25, 0.3) is 0 Å². The molecule has 2 rings (SSSR count). The summed E-state index contributed by atoms with van der Waals surface area (Å²) in [5.41, 5.74) is 7.02. The number of benzene rings is 1. The third kappa shape index (κ3) is 3.30. The SMILES string of the molecule is Cc1cc(C)nc(NS(=O)(=O)c2cc(C)c(F)c(N)c2)c1. The van der Waals surface area contributed by atoms with Crippen molar-refractivity contribution in [3.05, 3.63) is 46.9 Å². The molecule has 1 aromatic heterocycles. The van der Waals surface area contributed by atoms with Crippen molar-refractivity contribution in [1.82, 2.24) is 4.98 Å². The van der Waals surface area contributed by atoms with Crippen molar-refractivity contribution in [3.63, 3.8) is 0 Å². The van der Waals surface area contributed by atoms with Crippen molar-refractivity contribution in [3.8, 4) is 0 Å². The molecule has 0 amide bonds. The number of anilines is 2.